The molecular weight excluding hydrogens is 578 g/mol. The molecular formula is C33H43N5O7. The van der Waals surface area contributed by atoms with Crippen molar-refractivity contribution in [3.05, 3.63) is 47.8 Å². The third-order valence-electron chi connectivity index (χ3n) is 7.70. The Balaban J connectivity index is 1.58. The second kappa shape index (κ2) is 15.1. The van der Waals surface area contributed by atoms with Gasteiger partial charge in [-0.25, -0.2) is 14.8 Å². The Kier molecular flexibility index (Phi) is 11.2. The summed E-state index contributed by atoms with van der Waals surface area (Å²) in [7, 11) is 0. The molecule has 1 aliphatic heterocycles. The number of hydrogen-bond donors (Lipinski definition) is 1. The Bertz CT molecular complexity index is 1380. The molecule has 0 bridgehead atoms. The number of piperazine rings is 1. The standard InChI is InChI=1S/C33H43N5O7/c1-5-44-32(43)38-19-17-37(18-20-38)31(42)24(15-16-28(40)45-33(2,3)4)36-30(41)26-21-25(23-13-9-10-14-27(23)39)34-29(35-26)22-11-7-6-8-12-22/h6-8,11-12,21,23-24H,5,9-10,13-20H2,1-4H3,(H,36,41)/t23?,24-/m0/s1. The summed E-state index contributed by atoms with van der Waals surface area (Å²) in [5, 5.41) is 2.80. The molecule has 1 N–H and O–H groups in total. The Labute approximate surface area is 263 Å². The van der Waals surface area contributed by atoms with Crippen LogP contribution in [0.25, 0.3) is 11.4 Å². The first-order valence-electron chi connectivity index (χ1n) is 15.7. The van der Waals surface area contributed by atoms with Gasteiger partial charge in [-0.1, -0.05) is 36.8 Å². The molecule has 1 saturated carbocycles. The number of Topliss-reactive ketones (excluding diaryl/α,β-unsaturated/α-hetero) is 1. The first-order chi connectivity index (χ1) is 21.4. The zero-order valence-corrected chi connectivity index (χ0v) is 26.5. The summed E-state index contributed by atoms with van der Waals surface area (Å²) in [5.41, 5.74) is 0.490. The third-order valence-corrected chi connectivity index (χ3v) is 7.70. The number of ketones is 1. The number of ether oxygens (including phenoxy) is 2. The number of benzene rings is 1. The molecule has 1 unspecified atom stereocenters. The molecule has 2 aromatic rings. The largest absolute Gasteiger partial charge is 0.460 e. The number of rotatable bonds is 9. The van der Waals surface area contributed by atoms with Crippen LogP contribution >= 0.6 is 0 Å². The molecule has 1 saturated heterocycles. The van der Waals surface area contributed by atoms with Crippen LogP contribution in [0.3, 0.4) is 0 Å². The molecule has 2 aliphatic rings. The van der Waals surface area contributed by atoms with Gasteiger partial charge in [0.05, 0.1) is 18.2 Å². The Morgan fingerprint density at radius 2 is 1.69 bits per heavy atom. The van der Waals surface area contributed by atoms with Gasteiger partial charge in [-0.15, -0.1) is 0 Å². The lowest BCUT2D eigenvalue weighted by Gasteiger charge is -2.36. The number of amides is 3. The summed E-state index contributed by atoms with van der Waals surface area (Å²) in [5.74, 6) is -1.53. The van der Waals surface area contributed by atoms with Gasteiger partial charge in [-0.05, 0) is 53.0 Å². The van der Waals surface area contributed by atoms with Crippen LogP contribution in [0.4, 0.5) is 4.79 Å². The van der Waals surface area contributed by atoms with E-state index in [1.807, 2.05) is 30.3 Å². The van der Waals surface area contributed by atoms with E-state index in [0.29, 0.717) is 29.9 Å². The fourth-order valence-corrected chi connectivity index (χ4v) is 5.46. The molecule has 4 rings (SSSR count). The molecule has 2 atom stereocenters. The molecule has 1 aromatic carbocycles. The van der Waals surface area contributed by atoms with E-state index >= 15 is 0 Å². The molecule has 2 fully saturated rings. The summed E-state index contributed by atoms with van der Waals surface area (Å²) < 4.78 is 10.5. The van der Waals surface area contributed by atoms with E-state index in [9.17, 15) is 24.0 Å². The van der Waals surface area contributed by atoms with Gasteiger partial charge in [0.1, 0.15) is 23.1 Å². The Morgan fingerprint density at radius 3 is 2.33 bits per heavy atom. The van der Waals surface area contributed by atoms with Crippen molar-refractivity contribution >= 4 is 29.7 Å². The fraction of sp³-hybridized carbons (Fsp3) is 0.545. The average molecular weight is 622 g/mol. The lowest BCUT2D eigenvalue weighted by atomic mass is 9.85. The molecule has 3 amide bonds. The van der Waals surface area contributed by atoms with Gasteiger partial charge < -0.3 is 24.6 Å². The molecule has 0 spiro atoms. The zero-order valence-electron chi connectivity index (χ0n) is 26.5. The maximum Gasteiger partial charge on any atom is 0.409 e. The number of hydrogen-bond acceptors (Lipinski definition) is 9. The minimum absolute atomic E-state index is 0.00215. The summed E-state index contributed by atoms with van der Waals surface area (Å²) in [6.45, 7) is 8.30. The van der Waals surface area contributed by atoms with Gasteiger partial charge >= 0.3 is 12.1 Å². The highest BCUT2D eigenvalue weighted by atomic mass is 16.6. The monoisotopic (exact) mass is 621 g/mol. The summed E-state index contributed by atoms with van der Waals surface area (Å²) >= 11 is 0. The quantitative estimate of drug-likeness (QED) is 0.412. The van der Waals surface area contributed by atoms with Crippen LogP contribution in [0, 0.1) is 0 Å². The second-order valence-corrected chi connectivity index (χ2v) is 12.3. The number of carbonyl (C=O) groups is 5. The van der Waals surface area contributed by atoms with E-state index < -0.39 is 35.5 Å². The number of nitrogens with zero attached hydrogens (tertiary/aromatic N) is 4. The van der Waals surface area contributed by atoms with Crippen molar-refractivity contribution in [2.24, 2.45) is 0 Å². The maximum atomic E-state index is 13.8. The van der Waals surface area contributed by atoms with Gasteiger partial charge in [0.25, 0.3) is 5.91 Å². The van der Waals surface area contributed by atoms with Gasteiger partial charge in [-0.3, -0.25) is 19.2 Å². The molecule has 1 aromatic heterocycles. The molecule has 242 valence electrons. The van der Waals surface area contributed by atoms with E-state index in [1.165, 1.54) is 11.0 Å². The molecule has 12 heteroatoms. The predicted molar refractivity (Wildman–Crippen MR) is 165 cm³/mol. The van der Waals surface area contributed by atoms with Crippen molar-refractivity contribution in [1.82, 2.24) is 25.1 Å². The molecule has 12 nitrogen and oxygen atoms in total. The van der Waals surface area contributed by atoms with E-state index in [1.54, 1.807) is 32.6 Å². The minimum atomic E-state index is -1.06. The van der Waals surface area contributed by atoms with Crippen LogP contribution in [-0.2, 0) is 23.9 Å². The predicted octanol–water partition coefficient (Wildman–Crippen LogP) is 3.89. The topological polar surface area (TPSA) is 148 Å². The number of esters is 1. The SMILES string of the molecule is CCOC(=O)N1CCN(C(=O)[C@H](CCC(=O)OC(C)(C)C)NC(=O)c2cc(C3CCCCC3=O)nc(-c3ccccc3)n2)CC1. The molecule has 45 heavy (non-hydrogen) atoms. The number of nitrogens with one attached hydrogen (secondary N) is 1. The zero-order chi connectivity index (χ0) is 32.6. The molecule has 1 aliphatic carbocycles. The normalized spacial score (nSPS) is 17.8. The van der Waals surface area contributed by atoms with Crippen molar-refractivity contribution < 1.29 is 33.4 Å². The maximum absolute atomic E-state index is 13.8. The van der Waals surface area contributed by atoms with Crippen molar-refractivity contribution in [1.29, 1.82) is 0 Å². The van der Waals surface area contributed by atoms with E-state index in [-0.39, 0.29) is 63.0 Å². The summed E-state index contributed by atoms with van der Waals surface area (Å²) in [6.07, 6.45) is 2.27. The van der Waals surface area contributed by atoms with Crippen LogP contribution in [0.2, 0.25) is 0 Å². The lowest BCUT2D eigenvalue weighted by molar-refractivity contribution is -0.155. The van der Waals surface area contributed by atoms with Gasteiger partial charge in [0, 0.05) is 44.6 Å². The first kappa shape index (κ1) is 33.5. The van der Waals surface area contributed by atoms with Crippen molar-refractivity contribution in [2.45, 2.75) is 83.8 Å². The van der Waals surface area contributed by atoms with Gasteiger partial charge in [-0.2, -0.15) is 0 Å². The molecule has 0 radical (unpaired) electrons. The van der Waals surface area contributed by atoms with Crippen LogP contribution in [0.5, 0.6) is 0 Å². The van der Waals surface area contributed by atoms with Crippen LogP contribution in [0.15, 0.2) is 36.4 Å². The van der Waals surface area contributed by atoms with Crippen molar-refractivity contribution in [3.63, 3.8) is 0 Å². The highest BCUT2D eigenvalue weighted by Crippen LogP contribution is 2.30. The van der Waals surface area contributed by atoms with Crippen molar-refractivity contribution in [2.75, 3.05) is 32.8 Å². The van der Waals surface area contributed by atoms with Crippen molar-refractivity contribution in [3.8, 4) is 11.4 Å². The minimum Gasteiger partial charge on any atom is -0.460 e. The first-order valence-corrected chi connectivity index (χ1v) is 15.7. The number of aromatic nitrogens is 2. The Morgan fingerprint density at radius 1 is 1.00 bits per heavy atom. The van der Waals surface area contributed by atoms with E-state index in [0.717, 1.165) is 12.8 Å². The summed E-state index contributed by atoms with van der Waals surface area (Å²) in [6, 6.07) is 9.66. The van der Waals surface area contributed by atoms with Gasteiger partial charge in [0.2, 0.25) is 5.91 Å². The highest BCUT2D eigenvalue weighted by Gasteiger charge is 2.33. The van der Waals surface area contributed by atoms with E-state index in [2.05, 4.69) is 15.3 Å². The lowest BCUT2D eigenvalue weighted by Crippen LogP contribution is -2.56. The smallest absolute Gasteiger partial charge is 0.409 e. The highest BCUT2D eigenvalue weighted by molar-refractivity contribution is 5.97. The fourth-order valence-electron chi connectivity index (χ4n) is 5.46. The second-order valence-electron chi connectivity index (χ2n) is 12.3. The Hall–Kier alpha value is -4.35. The van der Waals surface area contributed by atoms with Crippen LogP contribution in [0.1, 0.15) is 88.3 Å². The third kappa shape index (κ3) is 9.32. The molecule has 2 heterocycles. The average Bonchev–Trinajstić information content (AvgIpc) is 3.02. The van der Waals surface area contributed by atoms with Crippen LogP contribution in [-0.4, -0.2) is 93.9 Å². The van der Waals surface area contributed by atoms with Crippen LogP contribution < -0.4 is 5.32 Å². The summed E-state index contributed by atoms with van der Waals surface area (Å²) in [4.78, 5) is 77.4. The van der Waals surface area contributed by atoms with Gasteiger partial charge in [0.15, 0.2) is 5.82 Å². The van der Waals surface area contributed by atoms with E-state index in [4.69, 9.17) is 9.47 Å². The number of carbonyl (C=O) groups excluding carboxylic acids is 5.